The van der Waals surface area contributed by atoms with E-state index in [-0.39, 0.29) is 23.9 Å². The summed E-state index contributed by atoms with van der Waals surface area (Å²) in [5.74, 6) is 1.12. The predicted octanol–water partition coefficient (Wildman–Crippen LogP) is 2.73. The second-order valence-electron chi connectivity index (χ2n) is 8.49. The van der Waals surface area contributed by atoms with Crippen LogP contribution in [0.2, 0.25) is 5.02 Å². The Morgan fingerprint density at radius 2 is 1.84 bits per heavy atom. The summed E-state index contributed by atoms with van der Waals surface area (Å²) in [6.45, 7) is 10.5. The Balaban J connectivity index is 1.66. The smallest absolute Gasteiger partial charge is 0.273 e. The van der Waals surface area contributed by atoms with Gasteiger partial charge in [-0.1, -0.05) is 11.6 Å². The third-order valence-electron chi connectivity index (χ3n) is 5.97. The van der Waals surface area contributed by atoms with Gasteiger partial charge in [0.2, 0.25) is 11.9 Å². The molecule has 0 aromatic carbocycles. The van der Waals surface area contributed by atoms with Crippen molar-refractivity contribution in [2.75, 3.05) is 36.4 Å². The van der Waals surface area contributed by atoms with Crippen LogP contribution in [0.5, 0.6) is 0 Å². The summed E-state index contributed by atoms with van der Waals surface area (Å²) in [7, 11) is 0. The Morgan fingerprint density at radius 1 is 1.12 bits per heavy atom. The first kappa shape index (κ1) is 22.3. The fourth-order valence-electron chi connectivity index (χ4n) is 4.00. The highest BCUT2D eigenvalue weighted by atomic mass is 35.5. The van der Waals surface area contributed by atoms with E-state index in [1.807, 2.05) is 36.6 Å². The van der Waals surface area contributed by atoms with Crippen LogP contribution in [0.25, 0.3) is 0 Å². The lowest BCUT2D eigenvalue weighted by Crippen LogP contribution is -2.48. The summed E-state index contributed by atoms with van der Waals surface area (Å²) >= 11 is 5.97. The molecule has 0 bridgehead atoms. The van der Waals surface area contributed by atoms with E-state index in [0.29, 0.717) is 55.2 Å². The third-order valence-corrected chi connectivity index (χ3v) is 6.19. The average molecular weight is 458 g/mol. The number of anilines is 2. The molecule has 4 heterocycles. The van der Waals surface area contributed by atoms with Gasteiger partial charge in [0.15, 0.2) is 0 Å². The van der Waals surface area contributed by atoms with Gasteiger partial charge in [0, 0.05) is 50.9 Å². The van der Waals surface area contributed by atoms with Gasteiger partial charge in [-0.05, 0) is 32.9 Å². The summed E-state index contributed by atoms with van der Waals surface area (Å²) in [6, 6.07) is 3.59. The minimum atomic E-state index is -0.142. The van der Waals surface area contributed by atoms with E-state index < -0.39 is 0 Å². The second-order valence-corrected chi connectivity index (χ2v) is 8.92. The van der Waals surface area contributed by atoms with Crippen molar-refractivity contribution in [1.29, 1.82) is 0 Å². The van der Waals surface area contributed by atoms with Crippen LogP contribution in [0.15, 0.2) is 18.3 Å². The van der Waals surface area contributed by atoms with Crippen LogP contribution in [0.1, 0.15) is 55.5 Å². The molecule has 0 saturated carbocycles. The molecule has 0 aliphatic carbocycles. The fraction of sp³-hybridized carbons (Fsp3) is 0.500. The molecule has 170 valence electrons. The zero-order valence-corrected chi connectivity index (χ0v) is 19.6. The molecular weight excluding hydrogens is 430 g/mol. The number of pyridine rings is 1. The number of piperazine rings is 1. The number of carbonyl (C=O) groups is 2. The molecular formula is C22H28ClN7O2. The Kier molecular flexibility index (Phi) is 6.19. The standard InChI is InChI=1S/C22H28ClN7O2/c1-13(2)30-12-17-19(21(30)32)26-22(29-9-7-28(8-10-29)15(4)31)27-20(17)25-14(3)18-6-5-16(23)11-24-18/h5-6,11,13-14H,7-10,12H2,1-4H3,(H,25,26,27). The van der Waals surface area contributed by atoms with Crippen LogP contribution in [-0.2, 0) is 11.3 Å². The molecule has 1 N–H and O–H groups in total. The quantitative estimate of drug-likeness (QED) is 0.737. The number of rotatable bonds is 5. The lowest BCUT2D eigenvalue weighted by Gasteiger charge is -2.34. The van der Waals surface area contributed by atoms with Crippen molar-refractivity contribution in [3.63, 3.8) is 0 Å². The van der Waals surface area contributed by atoms with Crippen molar-refractivity contribution >= 4 is 35.2 Å². The Labute approximate surface area is 192 Å². The molecule has 2 aliphatic rings. The normalized spacial score (nSPS) is 17.1. The number of nitrogens with zero attached hydrogens (tertiary/aromatic N) is 6. The minimum Gasteiger partial charge on any atom is -0.362 e. The van der Waals surface area contributed by atoms with Gasteiger partial charge >= 0.3 is 0 Å². The van der Waals surface area contributed by atoms with Gasteiger partial charge in [-0.15, -0.1) is 0 Å². The molecule has 0 spiro atoms. The molecule has 10 heteroatoms. The zero-order chi connectivity index (χ0) is 23.0. The van der Waals surface area contributed by atoms with E-state index in [1.54, 1.807) is 24.1 Å². The van der Waals surface area contributed by atoms with Gasteiger partial charge in [0.1, 0.15) is 11.5 Å². The summed E-state index contributed by atoms with van der Waals surface area (Å²) in [5.41, 5.74) is 2.07. The second kappa shape index (κ2) is 8.90. The average Bonchev–Trinajstić information content (AvgIpc) is 3.11. The highest BCUT2D eigenvalue weighted by molar-refractivity contribution is 6.30. The number of fused-ring (bicyclic) bond motifs is 1. The molecule has 1 atom stereocenters. The Bertz CT molecular complexity index is 1020. The molecule has 9 nitrogen and oxygen atoms in total. The van der Waals surface area contributed by atoms with E-state index in [2.05, 4.69) is 15.3 Å². The molecule has 32 heavy (non-hydrogen) atoms. The number of amides is 2. The van der Waals surface area contributed by atoms with Crippen molar-refractivity contribution in [3.8, 4) is 0 Å². The van der Waals surface area contributed by atoms with Gasteiger partial charge in [-0.25, -0.2) is 4.98 Å². The summed E-state index contributed by atoms with van der Waals surface area (Å²) in [5, 5.41) is 4.02. The number of halogens is 1. The fourth-order valence-corrected chi connectivity index (χ4v) is 4.11. The van der Waals surface area contributed by atoms with Crippen LogP contribution >= 0.6 is 11.6 Å². The maximum Gasteiger partial charge on any atom is 0.273 e. The van der Waals surface area contributed by atoms with Crippen LogP contribution in [0.4, 0.5) is 11.8 Å². The molecule has 1 saturated heterocycles. The van der Waals surface area contributed by atoms with E-state index in [1.165, 1.54) is 0 Å². The molecule has 2 aromatic rings. The monoisotopic (exact) mass is 457 g/mol. The van der Waals surface area contributed by atoms with Crippen LogP contribution in [0.3, 0.4) is 0 Å². The maximum absolute atomic E-state index is 13.1. The number of aromatic nitrogens is 3. The molecule has 1 unspecified atom stereocenters. The number of carbonyl (C=O) groups excluding carboxylic acids is 2. The van der Waals surface area contributed by atoms with Crippen molar-refractivity contribution in [2.24, 2.45) is 0 Å². The minimum absolute atomic E-state index is 0.0578. The molecule has 2 aliphatic heterocycles. The highest BCUT2D eigenvalue weighted by Gasteiger charge is 2.35. The summed E-state index contributed by atoms with van der Waals surface area (Å²) in [4.78, 5) is 44.3. The first-order valence-electron chi connectivity index (χ1n) is 10.8. The predicted molar refractivity (Wildman–Crippen MR) is 123 cm³/mol. The lowest BCUT2D eigenvalue weighted by molar-refractivity contribution is -0.129. The van der Waals surface area contributed by atoms with E-state index >= 15 is 0 Å². The summed E-state index contributed by atoms with van der Waals surface area (Å²) in [6.07, 6.45) is 1.61. The molecule has 1 fully saturated rings. The molecule has 2 amide bonds. The van der Waals surface area contributed by atoms with Crippen LogP contribution < -0.4 is 10.2 Å². The van der Waals surface area contributed by atoms with Gasteiger partial charge in [-0.2, -0.15) is 4.98 Å². The number of hydrogen-bond donors (Lipinski definition) is 1. The summed E-state index contributed by atoms with van der Waals surface area (Å²) < 4.78 is 0. The first-order chi connectivity index (χ1) is 15.2. The van der Waals surface area contributed by atoms with Crippen molar-refractivity contribution in [2.45, 2.75) is 46.3 Å². The van der Waals surface area contributed by atoms with Gasteiger partial charge in [-0.3, -0.25) is 14.6 Å². The molecule has 0 radical (unpaired) electrons. The van der Waals surface area contributed by atoms with E-state index in [0.717, 1.165) is 11.3 Å². The SMILES string of the molecule is CC(=O)N1CCN(c2nc(NC(C)c3ccc(Cl)cn3)c3c(n2)C(=O)N(C(C)C)C3)CC1. The lowest BCUT2D eigenvalue weighted by atomic mass is 10.2. The topological polar surface area (TPSA) is 94.6 Å². The Morgan fingerprint density at radius 3 is 2.44 bits per heavy atom. The zero-order valence-electron chi connectivity index (χ0n) is 18.8. The third kappa shape index (κ3) is 4.34. The van der Waals surface area contributed by atoms with Gasteiger partial charge in [0.05, 0.1) is 23.3 Å². The van der Waals surface area contributed by atoms with Gasteiger partial charge < -0.3 is 20.0 Å². The van der Waals surface area contributed by atoms with Crippen LogP contribution in [-0.4, -0.2) is 68.8 Å². The van der Waals surface area contributed by atoms with E-state index in [9.17, 15) is 9.59 Å². The van der Waals surface area contributed by atoms with Crippen molar-refractivity contribution < 1.29 is 9.59 Å². The molecule has 4 rings (SSSR count). The highest BCUT2D eigenvalue weighted by Crippen LogP contribution is 2.32. The molecule has 2 aromatic heterocycles. The van der Waals surface area contributed by atoms with Gasteiger partial charge in [0.25, 0.3) is 5.91 Å². The van der Waals surface area contributed by atoms with Crippen molar-refractivity contribution in [1.82, 2.24) is 24.8 Å². The van der Waals surface area contributed by atoms with Crippen molar-refractivity contribution in [3.05, 3.63) is 40.3 Å². The Hall–Kier alpha value is -2.94. The first-order valence-corrected chi connectivity index (χ1v) is 11.2. The van der Waals surface area contributed by atoms with Crippen LogP contribution in [0, 0.1) is 0 Å². The number of nitrogens with one attached hydrogen (secondary N) is 1. The van der Waals surface area contributed by atoms with E-state index in [4.69, 9.17) is 16.6 Å². The maximum atomic E-state index is 13.1. The number of hydrogen-bond acceptors (Lipinski definition) is 7. The largest absolute Gasteiger partial charge is 0.362 e.